The predicted octanol–water partition coefficient (Wildman–Crippen LogP) is 0.771. The molecule has 1 aliphatic heterocycles. The second-order valence-corrected chi connectivity index (χ2v) is 3.69. The molecule has 0 spiro atoms. The second kappa shape index (κ2) is 3.82. The van der Waals surface area contributed by atoms with Gasteiger partial charge in [0, 0.05) is 26.3 Å². The summed E-state index contributed by atoms with van der Waals surface area (Å²) in [6, 6.07) is 1.91. The molecule has 0 unspecified atom stereocenters. The lowest BCUT2D eigenvalue weighted by molar-refractivity contribution is 0.562. The molecule has 4 heteroatoms. The lowest BCUT2D eigenvalue weighted by Crippen LogP contribution is -2.34. The number of piperidine rings is 1. The summed E-state index contributed by atoms with van der Waals surface area (Å²) in [5.41, 5.74) is -0.173. The van der Waals surface area contributed by atoms with Crippen molar-refractivity contribution in [3.8, 4) is 0 Å². The van der Waals surface area contributed by atoms with Crippen LogP contribution >= 0.6 is 0 Å². The first-order valence-corrected chi connectivity index (χ1v) is 5.06. The molecular weight excluding hydrogens is 178 g/mol. The van der Waals surface area contributed by atoms with Crippen molar-refractivity contribution in [1.82, 2.24) is 9.55 Å². The van der Waals surface area contributed by atoms with Crippen LogP contribution in [0, 0.1) is 0 Å². The third-order valence-corrected chi connectivity index (χ3v) is 2.72. The molecule has 76 valence electrons. The van der Waals surface area contributed by atoms with E-state index in [4.69, 9.17) is 0 Å². The molecule has 2 rings (SSSR count). The first-order chi connectivity index (χ1) is 6.79. The predicted molar refractivity (Wildman–Crippen MR) is 55.5 cm³/mol. The van der Waals surface area contributed by atoms with Gasteiger partial charge >= 0.3 is 5.69 Å². The Hall–Kier alpha value is -1.32. The lowest BCUT2D eigenvalue weighted by atomic mass is 10.1. The molecule has 0 radical (unpaired) electrons. The standard InChI is InChI=1S/C10H15N3O/c1-12-9(5-6-11-10(12)14)13-7-3-2-4-8-13/h5-6H,2-4,7-8H2,1H3. The molecule has 0 saturated carbocycles. The SMILES string of the molecule is Cn1c(N2CCCCC2)ccnc1=O. The third kappa shape index (κ3) is 1.64. The highest BCUT2D eigenvalue weighted by Gasteiger charge is 2.13. The molecule has 0 aliphatic carbocycles. The molecule has 1 aliphatic rings. The van der Waals surface area contributed by atoms with Crippen LogP contribution in [0.2, 0.25) is 0 Å². The molecule has 0 aromatic carbocycles. The van der Waals surface area contributed by atoms with Gasteiger partial charge in [0.25, 0.3) is 0 Å². The normalized spacial score (nSPS) is 17.1. The van der Waals surface area contributed by atoms with E-state index >= 15 is 0 Å². The molecule has 0 atom stereocenters. The van der Waals surface area contributed by atoms with E-state index in [0.29, 0.717) is 0 Å². The minimum atomic E-state index is -0.173. The van der Waals surface area contributed by atoms with Gasteiger partial charge in [-0.05, 0) is 25.3 Å². The van der Waals surface area contributed by atoms with E-state index in [-0.39, 0.29) is 5.69 Å². The zero-order valence-corrected chi connectivity index (χ0v) is 8.44. The van der Waals surface area contributed by atoms with Gasteiger partial charge < -0.3 is 4.90 Å². The van der Waals surface area contributed by atoms with Crippen molar-refractivity contribution in [2.24, 2.45) is 7.05 Å². The van der Waals surface area contributed by atoms with Crippen LogP contribution in [-0.4, -0.2) is 22.6 Å². The molecule has 4 nitrogen and oxygen atoms in total. The summed E-state index contributed by atoms with van der Waals surface area (Å²) in [7, 11) is 1.78. The summed E-state index contributed by atoms with van der Waals surface area (Å²) in [6.07, 6.45) is 5.33. The van der Waals surface area contributed by atoms with Gasteiger partial charge in [0.1, 0.15) is 5.82 Å². The summed E-state index contributed by atoms with van der Waals surface area (Å²) < 4.78 is 1.62. The van der Waals surface area contributed by atoms with Gasteiger partial charge in [-0.15, -0.1) is 0 Å². The Morgan fingerprint density at radius 1 is 1.29 bits per heavy atom. The number of nitrogens with zero attached hydrogens (tertiary/aromatic N) is 3. The Kier molecular flexibility index (Phi) is 2.52. The molecule has 1 aromatic heterocycles. The molecule has 0 bridgehead atoms. The maximum atomic E-state index is 11.3. The van der Waals surface area contributed by atoms with Gasteiger partial charge in [-0.1, -0.05) is 0 Å². The minimum absolute atomic E-state index is 0.173. The molecule has 1 fully saturated rings. The smallest absolute Gasteiger partial charge is 0.348 e. The van der Waals surface area contributed by atoms with E-state index in [1.165, 1.54) is 19.3 Å². The molecular formula is C10H15N3O. The minimum Gasteiger partial charge on any atom is -0.358 e. The molecule has 2 heterocycles. The highest BCUT2D eigenvalue weighted by Crippen LogP contribution is 2.16. The Morgan fingerprint density at radius 3 is 2.71 bits per heavy atom. The average Bonchev–Trinajstić information content (AvgIpc) is 2.23. The zero-order chi connectivity index (χ0) is 9.97. The highest BCUT2D eigenvalue weighted by molar-refractivity contribution is 5.38. The van der Waals surface area contributed by atoms with Crippen LogP contribution in [0.4, 0.5) is 5.82 Å². The van der Waals surface area contributed by atoms with Crippen molar-refractivity contribution in [3.05, 3.63) is 22.7 Å². The summed E-state index contributed by atoms with van der Waals surface area (Å²) >= 11 is 0. The summed E-state index contributed by atoms with van der Waals surface area (Å²) in [6.45, 7) is 2.11. The molecule has 0 N–H and O–H groups in total. The van der Waals surface area contributed by atoms with E-state index in [9.17, 15) is 4.79 Å². The number of anilines is 1. The van der Waals surface area contributed by atoms with Crippen molar-refractivity contribution in [2.45, 2.75) is 19.3 Å². The quantitative estimate of drug-likeness (QED) is 0.661. The molecule has 1 saturated heterocycles. The zero-order valence-electron chi connectivity index (χ0n) is 8.44. The topological polar surface area (TPSA) is 38.1 Å². The molecule has 1 aromatic rings. The maximum Gasteiger partial charge on any atom is 0.348 e. The average molecular weight is 193 g/mol. The largest absolute Gasteiger partial charge is 0.358 e. The van der Waals surface area contributed by atoms with Crippen molar-refractivity contribution >= 4 is 5.82 Å². The van der Waals surface area contributed by atoms with Crippen molar-refractivity contribution in [3.63, 3.8) is 0 Å². The second-order valence-electron chi connectivity index (χ2n) is 3.69. The van der Waals surface area contributed by atoms with Gasteiger partial charge in [0.15, 0.2) is 0 Å². The Bertz CT molecular complexity index is 366. The Morgan fingerprint density at radius 2 is 2.00 bits per heavy atom. The van der Waals surface area contributed by atoms with E-state index in [0.717, 1.165) is 18.9 Å². The first kappa shape index (κ1) is 9.24. The fourth-order valence-corrected chi connectivity index (χ4v) is 1.90. The van der Waals surface area contributed by atoms with E-state index in [1.54, 1.807) is 17.8 Å². The summed E-state index contributed by atoms with van der Waals surface area (Å²) in [4.78, 5) is 17.3. The van der Waals surface area contributed by atoms with Gasteiger partial charge in [-0.25, -0.2) is 9.78 Å². The van der Waals surface area contributed by atoms with Gasteiger partial charge in [-0.2, -0.15) is 0 Å². The van der Waals surface area contributed by atoms with Crippen LogP contribution in [0.3, 0.4) is 0 Å². The van der Waals surface area contributed by atoms with Crippen molar-refractivity contribution in [2.75, 3.05) is 18.0 Å². The van der Waals surface area contributed by atoms with E-state index < -0.39 is 0 Å². The third-order valence-electron chi connectivity index (χ3n) is 2.72. The highest BCUT2D eigenvalue weighted by atomic mass is 16.1. The number of hydrogen-bond acceptors (Lipinski definition) is 3. The lowest BCUT2D eigenvalue weighted by Gasteiger charge is -2.29. The number of aromatic nitrogens is 2. The fourth-order valence-electron chi connectivity index (χ4n) is 1.90. The summed E-state index contributed by atoms with van der Waals surface area (Å²) in [5, 5.41) is 0. The van der Waals surface area contributed by atoms with Crippen LogP contribution in [-0.2, 0) is 7.05 Å². The van der Waals surface area contributed by atoms with E-state index in [1.807, 2.05) is 6.07 Å². The van der Waals surface area contributed by atoms with Crippen LogP contribution in [0.5, 0.6) is 0 Å². The molecule has 14 heavy (non-hydrogen) atoms. The van der Waals surface area contributed by atoms with Crippen LogP contribution < -0.4 is 10.6 Å². The monoisotopic (exact) mass is 193 g/mol. The number of hydrogen-bond donors (Lipinski definition) is 0. The Labute approximate surface area is 83.2 Å². The Balaban J connectivity index is 2.30. The van der Waals surface area contributed by atoms with Gasteiger partial charge in [-0.3, -0.25) is 4.57 Å². The van der Waals surface area contributed by atoms with Crippen LogP contribution in [0.25, 0.3) is 0 Å². The van der Waals surface area contributed by atoms with Crippen molar-refractivity contribution < 1.29 is 0 Å². The maximum absolute atomic E-state index is 11.3. The van der Waals surface area contributed by atoms with Gasteiger partial charge in [0.05, 0.1) is 0 Å². The van der Waals surface area contributed by atoms with Crippen LogP contribution in [0.1, 0.15) is 19.3 Å². The first-order valence-electron chi connectivity index (χ1n) is 5.06. The van der Waals surface area contributed by atoms with Crippen molar-refractivity contribution in [1.29, 1.82) is 0 Å². The molecule has 0 amide bonds. The van der Waals surface area contributed by atoms with E-state index in [2.05, 4.69) is 9.88 Å². The van der Waals surface area contributed by atoms with Gasteiger partial charge in [0.2, 0.25) is 0 Å². The van der Waals surface area contributed by atoms with Crippen LogP contribution in [0.15, 0.2) is 17.1 Å². The number of rotatable bonds is 1. The summed E-state index contributed by atoms with van der Waals surface area (Å²) in [5.74, 6) is 0.990. The fraction of sp³-hybridized carbons (Fsp3) is 0.600.